The SMILES string of the molecule is Nc1nc(N)c2oc3c(C4CC5CCC4CC5)cc(Cl)cc3c2n1. The van der Waals surface area contributed by atoms with E-state index in [1.54, 1.807) is 0 Å². The van der Waals surface area contributed by atoms with Gasteiger partial charge >= 0.3 is 0 Å². The van der Waals surface area contributed by atoms with Crippen LogP contribution in [-0.4, -0.2) is 9.97 Å². The summed E-state index contributed by atoms with van der Waals surface area (Å²) in [5, 5.41) is 1.59. The molecule has 3 aliphatic carbocycles. The second kappa shape index (κ2) is 4.99. The molecule has 3 aromatic rings. The molecule has 2 bridgehead atoms. The molecule has 3 fully saturated rings. The van der Waals surface area contributed by atoms with Crippen LogP contribution in [0.15, 0.2) is 16.5 Å². The number of nitrogen functional groups attached to an aromatic ring is 2. The molecule has 0 radical (unpaired) electrons. The Hall–Kier alpha value is -2.01. The van der Waals surface area contributed by atoms with Crippen LogP contribution in [0.1, 0.15) is 43.6 Å². The average molecular weight is 343 g/mol. The first-order chi connectivity index (χ1) is 11.6. The monoisotopic (exact) mass is 342 g/mol. The van der Waals surface area contributed by atoms with Gasteiger partial charge in [-0.05, 0) is 49.1 Å². The summed E-state index contributed by atoms with van der Waals surface area (Å²) in [5.74, 6) is 2.49. The van der Waals surface area contributed by atoms with Crippen molar-refractivity contribution in [2.75, 3.05) is 11.5 Å². The van der Waals surface area contributed by atoms with Gasteiger partial charge < -0.3 is 15.9 Å². The lowest BCUT2D eigenvalue weighted by Crippen LogP contribution is -2.29. The first-order valence-corrected chi connectivity index (χ1v) is 8.92. The number of hydrogen-bond donors (Lipinski definition) is 2. The molecule has 0 saturated heterocycles. The molecule has 1 unspecified atom stereocenters. The zero-order valence-corrected chi connectivity index (χ0v) is 14.0. The van der Waals surface area contributed by atoms with Crippen molar-refractivity contribution < 1.29 is 4.42 Å². The highest BCUT2D eigenvalue weighted by Crippen LogP contribution is 2.52. The smallest absolute Gasteiger partial charge is 0.222 e. The molecule has 5 nitrogen and oxygen atoms in total. The Labute approximate surface area is 144 Å². The quantitative estimate of drug-likeness (QED) is 0.680. The minimum Gasteiger partial charge on any atom is -0.450 e. The van der Waals surface area contributed by atoms with Crippen molar-refractivity contribution in [1.82, 2.24) is 9.97 Å². The van der Waals surface area contributed by atoms with E-state index in [4.69, 9.17) is 27.5 Å². The lowest BCUT2D eigenvalue weighted by molar-refractivity contribution is 0.145. The number of nitrogens with two attached hydrogens (primary N) is 2. The third-order valence-electron chi connectivity index (χ3n) is 5.90. The molecule has 3 aliphatic rings. The van der Waals surface area contributed by atoms with E-state index in [9.17, 15) is 0 Å². The number of rotatable bonds is 1. The highest BCUT2D eigenvalue weighted by Gasteiger charge is 2.38. The number of furan rings is 1. The van der Waals surface area contributed by atoms with Crippen molar-refractivity contribution in [3.63, 3.8) is 0 Å². The Bertz CT molecular complexity index is 959. The van der Waals surface area contributed by atoms with E-state index in [1.807, 2.05) is 6.07 Å². The maximum absolute atomic E-state index is 6.43. The molecule has 4 N–H and O–H groups in total. The molecule has 1 atom stereocenters. The number of halogens is 1. The summed E-state index contributed by atoms with van der Waals surface area (Å²) < 4.78 is 6.12. The Kier molecular flexibility index (Phi) is 2.98. The van der Waals surface area contributed by atoms with Crippen LogP contribution in [0.4, 0.5) is 11.8 Å². The minimum atomic E-state index is 0.154. The second-order valence-corrected chi connectivity index (χ2v) is 7.68. The van der Waals surface area contributed by atoms with Crippen LogP contribution in [0.2, 0.25) is 5.02 Å². The van der Waals surface area contributed by atoms with Crippen LogP contribution in [0.25, 0.3) is 22.1 Å². The summed E-state index contributed by atoms with van der Waals surface area (Å²) in [6, 6.07) is 3.95. The van der Waals surface area contributed by atoms with Gasteiger partial charge in [0.2, 0.25) is 5.95 Å². The first kappa shape index (κ1) is 14.3. The van der Waals surface area contributed by atoms with Crippen LogP contribution in [0.5, 0.6) is 0 Å². The van der Waals surface area contributed by atoms with E-state index < -0.39 is 0 Å². The van der Waals surface area contributed by atoms with E-state index >= 15 is 0 Å². The van der Waals surface area contributed by atoms with Crippen LogP contribution >= 0.6 is 11.6 Å². The standard InChI is InChI=1S/C18H19ClN4O/c19-10-6-12(11-5-8-1-3-9(11)4-2-8)15-13(7-10)14-16(24-15)17(20)23-18(21)22-14/h6-9,11H,1-5H2,(H4,20,21,22,23). The Morgan fingerprint density at radius 1 is 1.04 bits per heavy atom. The van der Waals surface area contributed by atoms with Crippen molar-refractivity contribution in [1.29, 1.82) is 0 Å². The van der Waals surface area contributed by atoms with E-state index in [1.165, 1.54) is 37.7 Å². The van der Waals surface area contributed by atoms with E-state index in [2.05, 4.69) is 16.0 Å². The summed E-state index contributed by atoms with van der Waals surface area (Å²) in [4.78, 5) is 8.35. The number of anilines is 2. The normalized spacial score (nSPS) is 26.5. The first-order valence-electron chi connectivity index (χ1n) is 8.55. The largest absolute Gasteiger partial charge is 0.450 e. The Balaban J connectivity index is 1.78. The molecule has 0 amide bonds. The van der Waals surface area contributed by atoms with Gasteiger partial charge in [-0.1, -0.05) is 24.4 Å². The molecule has 3 saturated carbocycles. The molecule has 24 heavy (non-hydrogen) atoms. The van der Waals surface area contributed by atoms with Crippen LogP contribution in [0, 0.1) is 11.8 Å². The minimum absolute atomic E-state index is 0.154. The summed E-state index contributed by atoms with van der Waals surface area (Å²) in [7, 11) is 0. The predicted octanol–water partition coefficient (Wildman–Crippen LogP) is 4.49. The highest BCUT2D eigenvalue weighted by atomic mass is 35.5. The third-order valence-corrected chi connectivity index (χ3v) is 6.12. The molecule has 124 valence electrons. The Morgan fingerprint density at radius 3 is 2.54 bits per heavy atom. The van der Waals surface area contributed by atoms with Gasteiger partial charge in [0.1, 0.15) is 11.1 Å². The van der Waals surface area contributed by atoms with Crippen LogP contribution in [0.3, 0.4) is 0 Å². The van der Waals surface area contributed by atoms with Crippen molar-refractivity contribution in [2.24, 2.45) is 11.8 Å². The lowest BCUT2D eigenvalue weighted by Gasteiger charge is -2.42. The highest BCUT2D eigenvalue weighted by molar-refractivity contribution is 6.32. The molecule has 0 spiro atoms. The fourth-order valence-corrected chi connectivity index (χ4v) is 5.04. The maximum Gasteiger partial charge on any atom is 0.222 e. The molecule has 0 aliphatic heterocycles. The summed E-state index contributed by atoms with van der Waals surface area (Å²) in [6.07, 6.45) is 6.55. The van der Waals surface area contributed by atoms with Crippen molar-refractivity contribution in [2.45, 2.75) is 38.0 Å². The molecule has 2 aromatic heterocycles. The zero-order chi connectivity index (χ0) is 16.4. The number of aromatic nitrogens is 2. The lowest BCUT2D eigenvalue weighted by atomic mass is 9.63. The number of hydrogen-bond acceptors (Lipinski definition) is 5. The fourth-order valence-electron chi connectivity index (χ4n) is 4.81. The van der Waals surface area contributed by atoms with Gasteiger partial charge in [0.15, 0.2) is 11.4 Å². The average Bonchev–Trinajstić information content (AvgIpc) is 2.94. The zero-order valence-electron chi connectivity index (χ0n) is 13.3. The van der Waals surface area contributed by atoms with E-state index in [0.717, 1.165) is 22.8 Å². The van der Waals surface area contributed by atoms with Gasteiger partial charge in [0, 0.05) is 16.0 Å². The fraction of sp³-hybridized carbons (Fsp3) is 0.444. The third kappa shape index (κ3) is 2.00. The molecule has 6 heteroatoms. The van der Waals surface area contributed by atoms with Gasteiger partial charge in [-0.3, -0.25) is 0 Å². The van der Waals surface area contributed by atoms with Gasteiger partial charge in [-0.25, -0.2) is 4.98 Å². The molecule has 6 rings (SSSR count). The number of nitrogens with zero attached hydrogens (tertiary/aromatic N) is 2. The number of fused-ring (bicyclic) bond motifs is 6. The summed E-state index contributed by atoms with van der Waals surface area (Å²) in [6.45, 7) is 0. The molecule has 2 heterocycles. The van der Waals surface area contributed by atoms with Crippen molar-refractivity contribution in [3.05, 3.63) is 22.7 Å². The Morgan fingerprint density at radius 2 is 1.83 bits per heavy atom. The molecular formula is C18H19ClN4O. The second-order valence-electron chi connectivity index (χ2n) is 7.24. The van der Waals surface area contributed by atoms with E-state index in [-0.39, 0.29) is 11.8 Å². The predicted molar refractivity (Wildman–Crippen MR) is 96.0 cm³/mol. The summed E-state index contributed by atoms with van der Waals surface area (Å²) >= 11 is 6.43. The van der Waals surface area contributed by atoms with Crippen molar-refractivity contribution >= 4 is 45.4 Å². The van der Waals surface area contributed by atoms with Gasteiger partial charge in [0.05, 0.1) is 0 Å². The van der Waals surface area contributed by atoms with Crippen LogP contribution in [-0.2, 0) is 0 Å². The number of benzene rings is 1. The van der Waals surface area contributed by atoms with Gasteiger partial charge in [0.25, 0.3) is 0 Å². The van der Waals surface area contributed by atoms with Gasteiger partial charge in [-0.2, -0.15) is 4.98 Å². The van der Waals surface area contributed by atoms with Gasteiger partial charge in [-0.15, -0.1) is 0 Å². The summed E-state index contributed by atoms with van der Waals surface area (Å²) in [5.41, 5.74) is 15.0. The van der Waals surface area contributed by atoms with Crippen LogP contribution < -0.4 is 11.5 Å². The topological polar surface area (TPSA) is 91.0 Å². The maximum atomic E-state index is 6.43. The molecule has 1 aromatic carbocycles. The van der Waals surface area contributed by atoms with Crippen molar-refractivity contribution in [3.8, 4) is 0 Å². The molecular weight excluding hydrogens is 324 g/mol. The van der Waals surface area contributed by atoms with E-state index in [0.29, 0.717) is 22.0 Å².